The number of dihydropyridines is 1. The molecule has 7 heteroatoms. The minimum absolute atomic E-state index is 0.223. The Hall–Kier alpha value is -2.93. The Bertz CT molecular complexity index is 1040. The molecule has 0 fully saturated rings. The number of allylic oxidation sites excluding steroid dienone is 2. The van der Waals surface area contributed by atoms with Crippen LogP contribution in [0.4, 0.5) is 0 Å². The van der Waals surface area contributed by atoms with E-state index in [4.69, 9.17) is 9.47 Å². The summed E-state index contributed by atoms with van der Waals surface area (Å²) in [4.78, 5) is 30.6. The monoisotopic (exact) mass is 498 g/mol. The van der Waals surface area contributed by atoms with Crippen LogP contribution in [0.25, 0.3) is 0 Å². The number of ether oxygens (including phenoxy) is 2. The second-order valence-corrected chi connectivity index (χ2v) is 8.77. The molecule has 2 heterocycles. The number of aromatic nitrogens is 1. The third-order valence-corrected chi connectivity index (χ3v) is 5.59. The number of nitrogens with zero attached hydrogens (tertiary/aromatic N) is 1. The summed E-state index contributed by atoms with van der Waals surface area (Å²) in [5.41, 5.74) is 3.64. The van der Waals surface area contributed by atoms with Crippen molar-refractivity contribution in [1.29, 1.82) is 0 Å². The van der Waals surface area contributed by atoms with E-state index in [1.54, 1.807) is 46.0 Å². The van der Waals surface area contributed by atoms with Crippen molar-refractivity contribution in [3.63, 3.8) is 0 Å². The van der Waals surface area contributed by atoms with Crippen LogP contribution in [0.2, 0.25) is 0 Å². The zero-order chi connectivity index (χ0) is 23.3. The molecule has 0 saturated carbocycles. The zero-order valence-corrected chi connectivity index (χ0v) is 20.2. The van der Waals surface area contributed by atoms with Gasteiger partial charge in [0.15, 0.2) is 0 Å². The number of carbonyl (C=O) groups is 2. The van der Waals surface area contributed by atoms with Crippen molar-refractivity contribution < 1.29 is 19.1 Å². The fourth-order valence-corrected chi connectivity index (χ4v) is 3.91. The standard InChI is InChI=1S/C25H27BrN2O4/c1-15(2)32-25(30)22-17(4)28-16(3)21(23(22)20-7-5-6-13-27-20)24(29)31-14-12-18-8-10-19(26)11-9-18/h5-11,13,15,23,28H,12,14H2,1-4H3. The first-order valence-electron chi connectivity index (χ1n) is 10.5. The van der Waals surface area contributed by atoms with Gasteiger partial charge in [-0.1, -0.05) is 34.1 Å². The van der Waals surface area contributed by atoms with E-state index in [0.29, 0.717) is 34.7 Å². The Labute approximate surface area is 196 Å². The maximum absolute atomic E-state index is 13.2. The van der Waals surface area contributed by atoms with Crippen LogP contribution in [0.1, 0.15) is 44.9 Å². The lowest BCUT2D eigenvalue weighted by Gasteiger charge is -2.30. The van der Waals surface area contributed by atoms with Crippen molar-refractivity contribution in [2.75, 3.05) is 6.61 Å². The summed E-state index contributed by atoms with van der Waals surface area (Å²) < 4.78 is 12.1. The van der Waals surface area contributed by atoms with Crippen LogP contribution in [0.5, 0.6) is 0 Å². The zero-order valence-electron chi connectivity index (χ0n) is 18.6. The molecule has 1 unspecified atom stereocenters. The minimum atomic E-state index is -0.677. The highest BCUT2D eigenvalue weighted by atomic mass is 79.9. The number of benzene rings is 1. The number of carbonyl (C=O) groups excluding carboxylic acids is 2. The molecule has 3 rings (SSSR count). The smallest absolute Gasteiger partial charge is 0.337 e. The molecule has 168 valence electrons. The predicted octanol–water partition coefficient (Wildman–Crippen LogP) is 4.82. The number of esters is 2. The Kier molecular flexibility index (Phi) is 7.85. The molecule has 1 N–H and O–H groups in total. The van der Waals surface area contributed by atoms with Gasteiger partial charge in [-0.15, -0.1) is 0 Å². The summed E-state index contributed by atoms with van der Waals surface area (Å²) in [7, 11) is 0. The van der Waals surface area contributed by atoms with Crippen molar-refractivity contribution in [1.82, 2.24) is 10.3 Å². The Morgan fingerprint density at radius 3 is 2.28 bits per heavy atom. The lowest BCUT2D eigenvalue weighted by Crippen LogP contribution is -2.33. The largest absolute Gasteiger partial charge is 0.462 e. The third kappa shape index (κ3) is 5.65. The number of pyridine rings is 1. The van der Waals surface area contributed by atoms with E-state index in [-0.39, 0.29) is 12.7 Å². The van der Waals surface area contributed by atoms with Gasteiger partial charge in [0, 0.05) is 28.5 Å². The van der Waals surface area contributed by atoms with E-state index in [2.05, 4.69) is 26.2 Å². The second kappa shape index (κ2) is 10.6. The molecule has 1 atom stereocenters. The van der Waals surface area contributed by atoms with Crippen molar-refractivity contribution in [2.24, 2.45) is 0 Å². The number of hydrogen-bond donors (Lipinski definition) is 1. The van der Waals surface area contributed by atoms with E-state index in [1.165, 1.54) is 0 Å². The van der Waals surface area contributed by atoms with Gasteiger partial charge < -0.3 is 14.8 Å². The van der Waals surface area contributed by atoms with E-state index >= 15 is 0 Å². The first kappa shape index (κ1) is 23.7. The minimum Gasteiger partial charge on any atom is -0.462 e. The highest BCUT2D eigenvalue weighted by molar-refractivity contribution is 9.10. The maximum Gasteiger partial charge on any atom is 0.337 e. The Morgan fingerprint density at radius 1 is 1.03 bits per heavy atom. The molecule has 0 bridgehead atoms. The Balaban J connectivity index is 1.87. The number of halogens is 1. The average molecular weight is 499 g/mol. The fourth-order valence-electron chi connectivity index (χ4n) is 3.65. The van der Waals surface area contributed by atoms with Gasteiger partial charge in [0.25, 0.3) is 0 Å². The molecular weight excluding hydrogens is 472 g/mol. The molecule has 0 amide bonds. The Morgan fingerprint density at radius 2 is 1.69 bits per heavy atom. The van der Waals surface area contributed by atoms with Crippen LogP contribution in [0.15, 0.2) is 75.7 Å². The summed E-state index contributed by atoms with van der Waals surface area (Å²) in [6.07, 6.45) is 1.94. The average Bonchev–Trinajstić information content (AvgIpc) is 2.74. The van der Waals surface area contributed by atoms with Gasteiger partial charge in [-0.25, -0.2) is 9.59 Å². The SMILES string of the molecule is CC1=C(C(=O)OCCc2ccc(Br)cc2)C(c2ccccn2)C(C(=O)OC(C)C)=C(C)N1. The van der Waals surface area contributed by atoms with Crippen molar-refractivity contribution in [3.8, 4) is 0 Å². The third-order valence-electron chi connectivity index (χ3n) is 5.06. The summed E-state index contributed by atoms with van der Waals surface area (Å²) in [5, 5.41) is 3.15. The number of nitrogens with one attached hydrogen (secondary N) is 1. The van der Waals surface area contributed by atoms with Crippen molar-refractivity contribution in [2.45, 2.75) is 46.1 Å². The molecule has 0 radical (unpaired) electrons. The molecule has 0 spiro atoms. The van der Waals surface area contributed by atoms with Gasteiger partial charge in [0.1, 0.15) is 0 Å². The summed E-state index contributed by atoms with van der Waals surface area (Å²) in [6.45, 7) is 7.40. The molecular formula is C25H27BrN2O4. The van der Waals surface area contributed by atoms with Gasteiger partial charge in [-0.05, 0) is 57.5 Å². The van der Waals surface area contributed by atoms with Crippen LogP contribution in [0.3, 0.4) is 0 Å². The molecule has 2 aromatic rings. The highest BCUT2D eigenvalue weighted by Crippen LogP contribution is 2.38. The molecule has 32 heavy (non-hydrogen) atoms. The normalized spacial score (nSPS) is 16.1. The molecule has 1 aromatic carbocycles. The van der Waals surface area contributed by atoms with E-state index in [0.717, 1.165) is 10.0 Å². The summed E-state index contributed by atoms with van der Waals surface area (Å²) in [6, 6.07) is 13.3. The fraction of sp³-hybridized carbons (Fsp3) is 0.320. The van der Waals surface area contributed by atoms with Crippen molar-refractivity contribution in [3.05, 3.63) is 86.9 Å². The van der Waals surface area contributed by atoms with Crippen LogP contribution in [-0.2, 0) is 25.5 Å². The van der Waals surface area contributed by atoms with E-state index in [1.807, 2.05) is 30.3 Å². The van der Waals surface area contributed by atoms with Crippen LogP contribution >= 0.6 is 15.9 Å². The topological polar surface area (TPSA) is 77.5 Å². The van der Waals surface area contributed by atoms with Crippen LogP contribution in [-0.4, -0.2) is 29.6 Å². The van der Waals surface area contributed by atoms with Gasteiger partial charge in [0.2, 0.25) is 0 Å². The summed E-state index contributed by atoms with van der Waals surface area (Å²) in [5.74, 6) is -1.64. The first-order valence-corrected chi connectivity index (χ1v) is 11.3. The van der Waals surface area contributed by atoms with Gasteiger partial charge in [0.05, 0.1) is 35.5 Å². The molecule has 6 nitrogen and oxygen atoms in total. The summed E-state index contributed by atoms with van der Waals surface area (Å²) >= 11 is 3.41. The molecule has 0 aliphatic carbocycles. The maximum atomic E-state index is 13.2. The number of rotatable bonds is 7. The van der Waals surface area contributed by atoms with E-state index < -0.39 is 17.9 Å². The lowest BCUT2D eigenvalue weighted by molar-refractivity contribution is -0.143. The van der Waals surface area contributed by atoms with Crippen LogP contribution < -0.4 is 5.32 Å². The lowest BCUT2D eigenvalue weighted by atomic mass is 9.82. The predicted molar refractivity (Wildman–Crippen MR) is 126 cm³/mol. The molecule has 0 saturated heterocycles. The van der Waals surface area contributed by atoms with Gasteiger partial charge >= 0.3 is 11.9 Å². The van der Waals surface area contributed by atoms with Crippen molar-refractivity contribution >= 4 is 27.9 Å². The highest BCUT2D eigenvalue weighted by Gasteiger charge is 2.39. The quantitative estimate of drug-likeness (QED) is 0.551. The molecule has 1 aliphatic rings. The number of hydrogen-bond acceptors (Lipinski definition) is 6. The van der Waals surface area contributed by atoms with Gasteiger partial charge in [-0.3, -0.25) is 4.98 Å². The molecule has 1 aliphatic heterocycles. The van der Waals surface area contributed by atoms with Gasteiger partial charge in [-0.2, -0.15) is 0 Å². The first-order chi connectivity index (χ1) is 15.3. The van der Waals surface area contributed by atoms with Crippen LogP contribution in [0, 0.1) is 0 Å². The van der Waals surface area contributed by atoms with E-state index in [9.17, 15) is 9.59 Å². The molecule has 1 aromatic heterocycles. The second-order valence-electron chi connectivity index (χ2n) is 7.86.